The van der Waals surface area contributed by atoms with Crippen molar-refractivity contribution in [2.45, 2.75) is 50.8 Å². The maximum absolute atomic E-state index is 12.0. The van der Waals surface area contributed by atoms with Gasteiger partial charge in [0.25, 0.3) is 10.1 Å². The molecule has 0 fully saturated rings. The van der Waals surface area contributed by atoms with Gasteiger partial charge in [-0.3, -0.25) is 9.35 Å². The van der Waals surface area contributed by atoms with Crippen LogP contribution in [0.2, 0.25) is 0 Å². The SMILES string of the molecule is CCC(c1ccc(OC(=O)CCCOC(=O)c2cccc(S(=O)(=O)O)c2)cc1)C(C)C. The van der Waals surface area contributed by atoms with Crippen molar-refractivity contribution in [2.24, 2.45) is 5.92 Å². The predicted molar refractivity (Wildman–Crippen MR) is 116 cm³/mol. The first-order chi connectivity index (χ1) is 14.6. The second-order valence-electron chi connectivity index (χ2n) is 7.54. The molecule has 0 aliphatic carbocycles. The Labute approximate surface area is 183 Å². The van der Waals surface area contributed by atoms with Crippen LogP contribution in [0.3, 0.4) is 0 Å². The van der Waals surface area contributed by atoms with E-state index in [2.05, 4.69) is 20.8 Å². The summed E-state index contributed by atoms with van der Waals surface area (Å²) in [6.45, 7) is 6.48. The highest BCUT2D eigenvalue weighted by Gasteiger charge is 2.15. The van der Waals surface area contributed by atoms with Gasteiger partial charge in [-0.25, -0.2) is 4.79 Å². The van der Waals surface area contributed by atoms with Crippen molar-refractivity contribution in [1.82, 2.24) is 0 Å². The van der Waals surface area contributed by atoms with Crippen LogP contribution in [0.5, 0.6) is 5.75 Å². The lowest BCUT2D eigenvalue weighted by molar-refractivity contribution is -0.134. The van der Waals surface area contributed by atoms with Crippen molar-refractivity contribution >= 4 is 22.1 Å². The van der Waals surface area contributed by atoms with Crippen molar-refractivity contribution in [1.29, 1.82) is 0 Å². The predicted octanol–water partition coefficient (Wildman–Crippen LogP) is 4.63. The van der Waals surface area contributed by atoms with Crippen LogP contribution in [-0.4, -0.2) is 31.5 Å². The third kappa shape index (κ3) is 7.48. The Bertz CT molecular complexity index is 995. The van der Waals surface area contributed by atoms with Crippen LogP contribution in [0.25, 0.3) is 0 Å². The molecule has 1 N–H and O–H groups in total. The normalized spacial score (nSPS) is 12.4. The summed E-state index contributed by atoms with van der Waals surface area (Å²) < 4.78 is 41.7. The molecule has 0 saturated heterocycles. The molecule has 0 aliphatic rings. The molecule has 1 unspecified atom stereocenters. The molecular formula is C23H28O7S. The monoisotopic (exact) mass is 448 g/mol. The molecular weight excluding hydrogens is 420 g/mol. The van der Waals surface area contributed by atoms with Gasteiger partial charge in [0.1, 0.15) is 5.75 Å². The van der Waals surface area contributed by atoms with Crippen molar-refractivity contribution in [2.75, 3.05) is 6.61 Å². The van der Waals surface area contributed by atoms with Gasteiger partial charge in [0, 0.05) is 6.42 Å². The lowest BCUT2D eigenvalue weighted by atomic mass is 9.86. The number of benzene rings is 2. The van der Waals surface area contributed by atoms with Crippen molar-refractivity contribution in [3.8, 4) is 5.75 Å². The third-order valence-corrected chi connectivity index (χ3v) is 5.76. The molecule has 0 aromatic heterocycles. The van der Waals surface area contributed by atoms with Crippen LogP contribution in [0.1, 0.15) is 61.9 Å². The van der Waals surface area contributed by atoms with Crippen LogP contribution in [0.15, 0.2) is 53.4 Å². The highest BCUT2D eigenvalue weighted by Crippen LogP contribution is 2.28. The molecule has 31 heavy (non-hydrogen) atoms. The highest BCUT2D eigenvalue weighted by atomic mass is 32.2. The van der Waals surface area contributed by atoms with Gasteiger partial charge in [0.15, 0.2) is 0 Å². The average molecular weight is 449 g/mol. The van der Waals surface area contributed by atoms with Gasteiger partial charge < -0.3 is 9.47 Å². The van der Waals surface area contributed by atoms with E-state index in [1.165, 1.54) is 23.8 Å². The summed E-state index contributed by atoms with van der Waals surface area (Å²) in [6, 6.07) is 12.4. The van der Waals surface area contributed by atoms with E-state index in [9.17, 15) is 18.0 Å². The minimum atomic E-state index is -4.41. The van der Waals surface area contributed by atoms with Crippen LogP contribution < -0.4 is 4.74 Å². The molecule has 2 aromatic carbocycles. The standard InChI is InChI=1S/C23H28O7S/c1-4-21(16(2)3)17-10-12-19(13-11-17)30-22(24)9-6-14-29-23(25)18-7-5-8-20(15-18)31(26,27)28/h5,7-8,10-13,15-16,21H,4,6,9,14H2,1-3H3,(H,26,27,28). The van der Waals surface area contributed by atoms with Gasteiger partial charge in [-0.2, -0.15) is 8.42 Å². The molecule has 0 heterocycles. The lowest BCUT2D eigenvalue weighted by Crippen LogP contribution is -2.12. The minimum Gasteiger partial charge on any atom is -0.462 e. The quantitative estimate of drug-likeness (QED) is 0.244. The van der Waals surface area contributed by atoms with Gasteiger partial charge in [-0.15, -0.1) is 0 Å². The Balaban J connectivity index is 1.79. The molecule has 0 saturated carbocycles. The van der Waals surface area contributed by atoms with Gasteiger partial charge in [0.2, 0.25) is 0 Å². The number of carbonyl (C=O) groups is 2. The Kier molecular flexibility index (Phi) is 8.76. The largest absolute Gasteiger partial charge is 0.462 e. The molecule has 8 heteroatoms. The number of hydrogen-bond donors (Lipinski definition) is 1. The fourth-order valence-electron chi connectivity index (χ4n) is 3.31. The van der Waals surface area contributed by atoms with E-state index in [0.29, 0.717) is 17.6 Å². The number of rotatable bonds is 10. The fraction of sp³-hybridized carbons (Fsp3) is 0.391. The van der Waals surface area contributed by atoms with Crippen LogP contribution in [0, 0.1) is 5.92 Å². The number of esters is 2. The molecule has 168 valence electrons. The van der Waals surface area contributed by atoms with E-state index in [-0.39, 0.29) is 25.0 Å². The van der Waals surface area contributed by atoms with Gasteiger partial charge in [-0.05, 0) is 60.6 Å². The summed E-state index contributed by atoms with van der Waals surface area (Å²) in [7, 11) is -4.41. The average Bonchev–Trinajstić information content (AvgIpc) is 2.72. The van der Waals surface area contributed by atoms with E-state index in [1.54, 1.807) is 12.1 Å². The van der Waals surface area contributed by atoms with E-state index >= 15 is 0 Å². The van der Waals surface area contributed by atoms with Crippen LogP contribution in [0.4, 0.5) is 0 Å². The summed E-state index contributed by atoms with van der Waals surface area (Å²) in [5, 5.41) is 0. The third-order valence-electron chi connectivity index (χ3n) is 4.91. The summed E-state index contributed by atoms with van der Waals surface area (Å²) >= 11 is 0. The molecule has 0 aliphatic heterocycles. The number of ether oxygens (including phenoxy) is 2. The first kappa shape index (κ1) is 24.6. The zero-order valence-electron chi connectivity index (χ0n) is 17.9. The molecule has 0 spiro atoms. The minimum absolute atomic E-state index is 0.00966. The second kappa shape index (κ2) is 11.1. The molecule has 0 bridgehead atoms. The van der Waals surface area contributed by atoms with Crippen molar-refractivity contribution in [3.63, 3.8) is 0 Å². The van der Waals surface area contributed by atoms with Gasteiger partial charge >= 0.3 is 11.9 Å². The van der Waals surface area contributed by atoms with Gasteiger partial charge in [-0.1, -0.05) is 39.0 Å². The summed E-state index contributed by atoms with van der Waals surface area (Å²) in [6.07, 6.45) is 1.35. The Morgan fingerprint density at radius 3 is 2.32 bits per heavy atom. The molecule has 2 rings (SSSR count). The topological polar surface area (TPSA) is 107 Å². The summed E-state index contributed by atoms with van der Waals surface area (Å²) in [5.41, 5.74) is 1.20. The second-order valence-corrected chi connectivity index (χ2v) is 8.97. The van der Waals surface area contributed by atoms with E-state index in [4.69, 9.17) is 14.0 Å². The summed E-state index contributed by atoms with van der Waals surface area (Å²) in [4.78, 5) is 23.6. The van der Waals surface area contributed by atoms with Crippen molar-refractivity contribution in [3.05, 3.63) is 59.7 Å². The van der Waals surface area contributed by atoms with Crippen LogP contribution >= 0.6 is 0 Å². The zero-order valence-corrected chi connectivity index (χ0v) is 18.7. The van der Waals surface area contributed by atoms with Crippen molar-refractivity contribution < 1.29 is 32.0 Å². The maximum atomic E-state index is 12.0. The Morgan fingerprint density at radius 1 is 1.06 bits per heavy atom. The molecule has 0 radical (unpaired) electrons. The highest BCUT2D eigenvalue weighted by molar-refractivity contribution is 7.85. The number of hydrogen-bond acceptors (Lipinski definition) is 6. The van der Waals surface area contributed by atoms with E-state index in [1.807, 2.05) is 12.1 Å². The fourth-order valence-corrected chi connectivity index (χ4v) is 3.83. The number of carbonyl (C=O) groups excluding carboxylic acids is 2. The van der Waals surface area contributed by atoms with E-state index in [0.717, 1.165) is 12.5 Å². The maximum Gasteiger partial charge on any atom is 0.338 e. The first-order valence-corrected chi connectivity index (χ1v) is 11.6. The zero-order chi connectivity index (χ0) is 23.0. The smallest absolute Gasteiger partial charge is 0.338 e. The molecule has 1 atom stereocenters. The molecule has 7 nitrogen and oxygen atoms in total. The molecule has 2 aromatic rings. The van der Waals surface area contributed by atoms with Crippen LogP contribution in [-0.2, 0) is 19.6 Å². The Hall–Kier alpha value is -2.71. The summed E-state index contributed by atoms with van der Waals surface area (Å²) in [5.74, 6) is 0.263. The van der Waals surface area contributed by atoms with E-state index < -0.39 is 27.0 Å². The lowest BCUT2D eigenvalue weighted by Gasteiger charge is -2.19. The first-order valence-electron chi connectivity index (χ1n) is 10.2. The Morgan fingerprint density at radius 2 is 1.74 bits per heavy atom. The molecule has 0 amide bonds. The van der Waals surface area contributed by atoms with Gasteiger partial charge in [0.05, 0.1) is 17.1 Å².